The zero-order chi connectivity index (χ0) is 18.0. The first-order chi connectivity index (χ1) is 12.0. The summed E-state index contributed by atoms with van der Waals surface area (Å²) in [6.45, 7) is 5.39. The van der Waals surface area contributed by atoms with Gasteiger partial charge in [0.15, 0.2) is 0 Å². The molecule has 0 saturated heterocycles. The molecule has 0 unspecified atom stereocenters. The summed E-state index contributed by atoms with van der Waals surface area (Å²) in [5.74, 6) is 0.0959. The van der Waals surface area contributed by atoms with E-state index in [1.165, 1.54) is 0 Å². The Hall–Kier alpha value is -1.60. The molecular weight excluding hydrogens is 445 g/mol. The Balaban J connectivity index is 2.12. The highest BCUT2D eigenvalue weighted by atomic mass is 123. The van der Waals surface area contributed by atoms with E-state index in [1.54, 1.807) is 0 Å². The molecule has 0 fully saturated rings. The number of carbonyl (C=O) groups excluding carboxylic acids is 1. The molecule has 2 heterocycles. The summed E-state index contributed by atoms with van der Waals surface area (Å²) in [5, 5.41) is 0.621. The van der Waals surface area contributed by atoms with Gasteiger partial charge in [-0.2, -0.15) is 0 Å². The Bertz CT molecular complexity index is 901. The van der Waals surface area contributed by atoms with Crippen LogP contribution in [-0.4, -0.2) is 33.3 Å². The maximum absolute atomic E-state index is 12.7. The molecule has 3 aromatic rings. The van der Waals surface area contributed by atoms with E-state index in [1.807, 2.05) is 65.7 Å². The number of pyridine rings is 1. The second-order valence-electron chi connectivity index (χ2n) is 5.73. The van der Waals surface area contributed by atoms with Crippen LogP contribution in [0.2, 0.25) is 5.02 Å². The first-order valence-electron chi connectivity index (χ1n) is 8.23. The van der Waals surface area contributed by atoms with E-state index >= 15 is 0 Å². The maximum atomic E-state index is 12.7. The van der Waals surface area contributed by atoms with E-state index in [0.717, 1.165) is 26.2 Å². The minimum atomic E-state index is 0.0959. The molecule has 0 aliphatic heterocycles. The van der Waals surface area contributed by atoms with Gasteiger partial charge in [-0.25, -0.2) is 4.98 Å². The van der Waals surface area contributed by atoms with Crippen LogP contribution < -0.4 is 0 Å². The second kappa shape index (κ2) is 7.74. The predicted molar refractivity (Wildman–Crippen MR) is 110 cm³/mol. The largest absolute Gasteiger partial charge is 0.343 e. The second-order valence-corrected chi connectivity index (χ2v) is 7.41. The number of nitrogens with zero attached hydrogens (tertiary/aromatic N) is 3. The summed E-state index contributed by atoms with van der Waals surface area (Å²) in [6, 6.07) is 11.9. The lowest BCUT2D eigenvalue weighted by molar-refractivity contribution is -0.130. The quantitative estimate of drug-likeness (QED) is 0.516. The number of imidazole rings is 1. The average Bonchev–Trinajstić information content (AvgIpc) is 2.94. The molecule has 0 aliphatic carbocycles. The van der Waals surface area contributed by atoms with E-state index in [-0.39, 0.29) is 5.91 Å². The van der Waals surface area contributed by atoms with Crippen LogP contribution in [0, 0.1) is 3.57 Å². The molecule has 6 heteroatoms. The van der Waals surface area contributed by atoms with Crippen molar-refractivity contribution >= 4 is 45.7 Å². The van der Waals surface area contributed by atoms with Crippen LogP contribution >= 0.6 is 34.2 Å². The van der Waals surface area contributed by atoms with E-state index in [2.05, 4.69) is 22.6 Å². The van der Waals surface area contributed by atoms with E-state index < -0.39 is 0 Å². The molecule has 0 saturated carbocycles. The number of halogens is 2. The van der Waals surface area contributed by atoms with E-state index in [0.29, 0.717) is 24.5 Å². The van der Waals surface area contributed by atoms with Crippen molar-refractivity contribution in [3.63, 3.8) is 0 Å². The molecule has 2 aromatic heterocycles. The molecule has 0 N–H and O–H groups in total. The van der Waals surface area contributed by atoms with Gasteiger partial charge >= 0.3 is 0 Å². The number of fused-ring (bicyclic) bond motifs is 1. The third-order valence-corrected chi connectivity index (χ3v) is 5.18. The summed E-state index contributed by atoms with van der Waals surface area (Å²) < 4.78 is 3.09. The lowest BCUT2D eigenvalue weighted by atomic mass is 10.1. The summed E-state index contributed by atoms with van der Waals surface area (Å²) >= 11 is 8.45. The predicted octanol–water partition coefficient (Wildman–Crippen LogP) is 4.67. The van der Waals surface area contributed by atoms with Crippen LogP contribution in [0.3, 0.4) is 0 Å². The maximum Gasteiger partial charge on any atom is 0.228 e. The number of amides is 1. The fourth-order valence-corrected chi connectivity index (χ4v) is 3.43. The van der Waals surface area contributed by atoms with Gasteiger partial charge in [-0.1, -0.05) is 23.7 Å². The summed E-state index contributed by atoms with van der Waals surface area (Å²) in [6.07, 6.45) is 2.12. The molecule has 0 spiro atoms. The molecule has 4 nitrogen and oxygen atoms in total. The van der Waals surface area contributed by atoms with Gasteiger partial charge in [-0.05, 0) is 60.7 Å². The zero-order valence-corrected chi connectivity index (χ0v) is 17.1. The molecule has 1 amide bonds. The molecule has 1 aromatic carbocycles. The van der Waals surface area contributed by atoms with Crippen LogP contribution in [0.4, 0.5) is 0 Å². The number of aromatic nitrogens is 2. The standard InChI is InChI=1S/C19H19ClIN3O/c1-3-23(4-2)18(25)11-16-19(13-5-8-15(21)9-6-13)22-17-10-7-14(20)12-24(16)17/h5-10,12H,3-4,11H2,1-2H3/i21-4. The number of likely N-dealkylation sites (N-methyl/N-ethyl adjacent to an activating group) is 1. The highest BCUT2D eigenvalue weighted by Gasteiger charge is 2.19. The number of benzene rings is 1. The number of hydrogen-bond donors (Lipinski definition) is 0. The number of hydrogen-bond acceptors (Lipinski definition) is 2. The van der Waals surface area contributed by atoms with Crippen molar-refractivity contribution in [3.05, 3.63) is 56.9 Å². The molecule has 0 atom stereocenters. The SMILES string of the molecule is CCN(CC)C(=O)Cc1c(-c2ccc([123I])cc2)nc2ccc(Cl)cn12. The van der Waals surface area contributed by atoms with Gasteiger partial charge in [0.05, 0.1) is 22.8 Å². The minimum absolute atomic E-state index is 0.0959. The third-order valence-electron chi connectivity index (χ3n) is 4.23. The first kappa shape index (κ1) is 18.2. The molecular formula is C19H19ClIN3O. The van der Waals surface area contributed by atoms with Gasteiger partial charge in [0, 0.05) is 28.4 Å². The van der Waals surface area contributed by atoms with Gasteiger partial charge in [0.25, 0.3) is 0 Å². The van der Waals surface area contributed by atoms with Gasteiger partial charge in [-0.3, -0.25) is 4.79 Å². The lowest BCUT2D eigenvalue weighted by Crippen LogP contribution is -2.32. The molecule has 0 radical (unpaired) electrons. The molecule has 0 bridgehead atoms. The van der Waals surface area contributed by atoms with Crippen molar-refractivity contribution in [2.24, 2.45) is 0 Å². The fraction of sp³-hybridized carbons (Fsp3) is 0.263. The number of rotatable bonds is 5. The van der Waals surface area contributed by atoms with Crippen LogP contribution in [-0.2, 0) is 11.2 Å². The normalized spacial score (nSPS) is 11.0. The van der Waals surface area contributed by atoms with Gasteiger partial charge < -0.3 is 9.30 Å². The Morgan fingerprint density at radius 1 is 1.16 bits per heavy atom. The van der Waals surface area contributed by atoms with E-state index in [4.69, 9.17) is 16.6 Å². The van der Waals surface area contributed by atoms with Crippen molar-refractivity contribution in [1.82, 2.24) is 14.3 Å². The summed E-state index contributed by atoms with van der Waals surface area (Å²) in [5.41, 5.74) is 3.50. The monoisotopic (exact) mass is 463 g/mol. The van der Waals surface area contributed by atoms with Crippen LogP contribution in [0.5, 0.6) is 0 Å². The Labute approximate surface area is 166 Å². The Morgan fingerprint density at radius 2 is 1.84 bits per heavy atom. The molecule has 0 aliphatic rings. The first-order valence-corrected chi connectivity index (χ1v) is 9.69. The third kappa shape index (κ3) is 3.82. The molecule has 25 heavy (non-hydrogen) atoms. The van der Waals surface area contributed by atoms with Gasteiger partial charge in [-0.15, -0.1) is 0 Å². The highest BCUT2D eigenvalue weighted by molar-refractivity contribution is 14.1. The smallest absolute Gasteiger partial charge is 0.228 e. The summed E-state index contributed by atoms with van der Waals surface area (Å²) in [7, 11) is 0. The van der Waals surface area contributed by atoms with E-state index in [9.17, 15) is 4.79 Å². The Kier molecular flexibility index (Phi) is 5.64. The van der Waals surface area contributed by atoms with Crippen molar-refractivity contribution in [1.29, 1.82) is 0 Å². The van der Waals surface area contributed by atoms with Crippen LogP contribution in [0.1, 0.15) is 19.5 Å². The molecule has 130 valence electrons. The molecule has 3 rings (SSSR count). The van der Waals surface area contributed by atoms with Crippen LogP contribution in [0.25, 0.3) is 16.9 Å². The van der Waals surface area contributed by atoms with Gasteiger partial charge in [0.2, 0.25) is 5.91 Å². The van der Waals surface area contributed by atoms with Gasteiger partial charge in [0.1, 0.15) is 5.65 Å². The minimum Gasteiger partial charge on any atom is -0.343 e. The Morgan fingerprint density at radius 3 is 2.48 bits per heavy atom. The van der Waals surface area contributed by atoms with Crippen molar-refractivity contribution in [2.45, 2.75) is 20.3 Å². The van der Waals surface area contributed by atoms with Crippen LogP contribution in [0.15, 0.2) is 42.6 Å². The van der Waals surface area contributed by atoms with Crippen molar-refractivity contribution in [2.75, 3.05) is 13.1 Å². The number of carbonyl (C=O) groups is 1. The fourth-order valence-electron chi connectivity index (χ4n) is 2.91. The topological polar surface area (TPSA) is 37.6 Å². The zero-order valence-electron chi connectivity index (χ0n) is 14.2. The highest BCUT2D eigenvalue weighted by Crippen LogP contribution is 2.27. The summed E-state index contributed by atoms with van der Waals surface area (Å²) in [4.78, 5) is 19.3. The average molecular weight is 464 g/mol. The van der Waals surface area contributed by atoms with Crippen molar-refractivity contribution < 1.29 is 4.79 Å². The van der Waals surface area contributed by atoms with Crippen molar-refractivity contribution in [3.8, 4) is 11.3 Å². The lowest BCUT2D eigenvalue weighted by Gasteiger charge is -2.18.